The zero-order valence-electron chi connectivity index (χ0n) is 11.9. The van der Waals surface area contributed by atoms with Crippen molar-refractivity contribution in [1.82, 2.24) is 5.16 Å². The van der Waals surface area contributed by atoms with Gasteiger partial charge in [0.15, 0.2) is 0 Å². The lowest BCUT2D eigenvalue weighted by atomic mass is 10.0. The molecule has 2 aromatic rings. The van der Waals surface area contributed by atoms with Crippen molar-refractivity contribution in [2.75, 3.05) is 5.73 Å². The molecule has 0 radical (unpaired) electrons. The van der Waals surface area contributed by atoms with Gasteiger partial charge in [0.1, 0.15) is 0 Å². The first-order chi connectivity index (χ1) is 9.72. The van der Waals surface area contributed by atoms with Crippen molar-refractivity contribution in [1.29, 1.82) is 0 Å². The molecule has 4 heteroatoms. The molecule has 0 amide bonds. The van der Waals surface area contributed by atoms with Crippen LogP contribution in [0.25, 0.3) is 11.1 Å². The molecule has 0 atom stereocenters. The molecule has 2 N–H and O–H groups in total. The maximum absolute atomic E-state index is 5.93. The molecule has 3 nitrogen and oxygen atoms in total. The summed E-state index contributed by atoms with van der Waals surface area (Å²) in [4.78, 5) is 0. The number of nitrogens with zero attached hydrogens (tertiary/aromatic N) is 1. The number of unbranched alkanes of at least 4 members (excludes halogenated alkanes) is 4. The van der Waals surface area contributed by atoms with Gasteiger partial charge < -0.3 is 10.3 Å². The summed E-state index contributed by atoms with van der Waals surface area (Å²) in [6.07, 6.45) is 7.15. The van der Waals surface area contributed by atoms with Crippen molar-refractivity contribution >= 4 is 21.8 Å². The van der Waals surface area contributed by atoms with Crippen LogP contribution in [0.4, 0.5) is 5.88 Å². The van der Waals surface area contributed by atoms with Crippen LogP contribution in [0, 0.1) is 0 Å². The fraction of sp³-hybridized carbons (Fsp3) is 0.438. The van der Waals surface area contributed by atoms with Crippen molar-refractivity contribution in [2.45, 2.75) is 45.4 Å². The summed E-state index contributed by atoms with van der Waals surface area (Å²) in [5.41, 5.74) is 8.90. The van der Waals surface area contributed by atoms with E-state index in [-0.39, 0.29) is 0 Å². The first-order valence-corrected chi connectivity index (χ1v) is 8.01. The third kappa shape index (κ3) is 3.85. The van der Waals surface area contributed by atoms with Gasteiger partial charge in [0.05, 0.1) is 11.3 Å². The maximum Gasteiger partial charge on any atom is 0.230 e. The Kier molecular flexibility index (Phi) is 5.65. The SMILES string of the molecule is CCCCCCCc1noc(N)c1-c1cccc(Br)c1. The molecule has 0 bridgehead atoms. The fourth-order valence-corrected chi connectivity index (χ4v) is 2.76. The molecule has 20 heavy (non-hydrogen) atoms. The van der Waals surface area contributed by atoms with Crippen molar-refractivity contribution in [3.05, 3.63) is 34.4 Å². The van der Waals surface area contributed by atoms with Crippen molar-refractivity contribution in [3.63, 3.8) is 0 Å². The van der Waals surface area contributed by atoms with Crippen LogP contribution in [0.2, 0.25) is 0 Å². The Morgan fingerprint density at radius 1 is 1.20 bits per heavy atom. The molecular formula is C16H21BrN2O. The van der Waals surface area contributed by atoms with Crippen molar-refractivity contribution in [3.8, 4) is 11.1 Å². The molecule has 1 heterocycles. The van der Waals surface area contributed by atoms with Gasteiger partial charge in [0.25, 0.3) is 0 Å². The molecule has 0 aliphatic heterocycles. The van der Waals surface area contributed by atoms with E-state index < -0.39 is 0 Å². The molecule has 1 aromatic carbocycles. The summed E-state index contributed by atoms with van der Waals surface area (Å²) in [5.74, 6) is 0.409. The van der Waals surface area contributed by atoms with Gasteiger partial charge in [0.2, 0.25) is 5.88 Å². The van der Waals surface area contributed by atoms with Crippen LogP contribution in [0.1, 0.15) is 44.7 Å². The van der Waals surface area contributed by atoms with Gasteiger partial charge >= 0.3 is 0 Å². The van der Waals surface area contributed by atoms with E-state index in [1.165, 1.54) is 25.7 Å². The van der Waals surface area contributed by atoms with Crippen LogP contribution in [0.3, 0.4) is 0 Å². The third-order valence-corrected chi connectivity index (χ3v) is 3.91. The summed E-state index contributed by atoms with van der Waals surface area (Å²) in [7, 11) is 0. The predicted molar refractivity (Wildman–Crippen MR) is 86.5 cm³/mol. The second-order valence-electron chi connectivity index (χ2n) is 5.04. The number of hydrogen-bond donors (Lipinski definition) is 1. The minimum atomic E-state index is 0.409. The van der Waals surface area contributed by atoms with E-state index in [2.05, 4.69) is 28.0 Å². The summed E-state index contributed by atoms with van der Waals surface area (Å²) < 4.78 is 6.21. The standard InChI is InChI=1S/C16H21BrN2O/c1-2-3-4-5-6-10-14-15(16(18)20-19-14)12-8-7-9-13(17)11-12/h7-9,11H,2-6,10,18H2,1H3. The summed E-state index contributed by atoms with van der Waals surface area (Å²) in [6.45, 7) is 2.23. The summed E-state index contributed by atoms with van der Waals surface area (Å²) in [6, 6.07) is 8.08. The van der Waals surface area contributed by atoms with E-state index >= 15 is 0 Å². The Labute approximate surface area is 128 Å². The average molecular weight is 337 g/mol. The van der Waals surface area contributed by atoms with E-state index in [1.807, 2.05) is 24.3 Å². The monoisotopic (exact) mass is 336 g/mol. The summed E-state index contributed by atoms with van der Waals surface area (Å²) in [5, 5.41) is 4.12. The fourth-order valence-electron chi connectivity index (χ4n) is 2.36. The summed E-state index contributed by atoms with van der Waals surface area (Å²) >= 11 is 3.49. The molecule has 0 fully saturated rings. The van der Waals surface area contributed by atoms with Crippen molar-refractivity contribution in [2.24, 2.45) is 0 Å². The molecule has 0 saturated carbocycles. The normalized spacial score (nSPS) is 10.9. The van der Waals surface area contributed by atoms with Crippen LogP contribution in [0.15, 0.2) is 33.3 Å². The number of halogens is 1. The molecule has 0 aliphatic carbocycles. The lowest BCUT2D eigenvalue weighted by Gasteiger charge is -2.03. The number of benzene rings is 1. The second-order valence-corrected chi connectivity index (χ2v) is 5.96. The number of nitrogen functional groups attached to an aromatic ring is 1. The first kappa shape index (κ1) is 15.1. The third-order valence-electron chi connectivity index (χ3n) is 3.42. The minimum Gasteiger partial charge on any atom is -0.367 e. The molecule has 2 rings (SSSR count). The molecule has 0 aliphatic rings. The molecule has 108 valence electrons. The number of aromatic nitrogens is 1. The molecular weight excluding hydrogens is 316 g/mol. The highest BCUT2D eigenvalue weighted by atomic mass is 79.9. The topological polar surface area (TPSA) is 52.0 Å². The lowest BCUT2D eigenvalue weighted by Crippen LogP contribution is -1.92. The first-order valence-electron chi connectivity index (χ1n) is 7.22. The van der Waals surface area contributed by atoms with Crippen LogP contribution >= 0.6 is 15.9 Å². The molecule has 1 aromatic heterocycles. The van der Waals surface area contributed by atoms with Gasteiger partial charge in [-0.2, -0.15) is 0 Å². The van der Waals surface area contributed by atoms with Crippen LogP contribution in [-0.4, -0.2) is 5.16 Å². The predicted octanol–water partition coefficient (Wildman–Crippen LogP) is 5.20. The van der Waals surface area contributed by atoms with E-state index in [4.69, 9.17) is 10.3 Å². The molecule has 0 unspecified atom stereocenters. The number of nitrogens with two attached hydrogens (primary N) is 1. The van der Waals surface area contributed by atoms with E-state index in [0.717, 1.165) is 34.1 Å². The van der Waals surface area contributed by atoms with Crippen LogP contribution in [0.5, 0.6) is 0 Å². The number of aryl methyl sites for hydroxylation is 1. The van der Waals surface area contributed by atoms with Crippen LogP contribution < -0.4 is 5.73 Å². The van der Waals surface area contributed by atoms with E-state index in [1.54, 1.807) is 0 Å². The Bertz CT molecular complexity index is 551. The number of hydrogen-bond acceptors (Lipinski definition) is 3. The van der Waals surface area contributed by atoms with Gasteiger partial charge in [-0.3, -0.25) is 0 Å². The highest BCUT2D eigenvalue weighted by molar-refractivity contribution is 9.10. The van der Waals surface area contributed by atoms with Crippen molar-refractivity contribution < 1.29 is 4.52 Å². The largest absolute Gasteiger partial charge is 0.367 e. The zero-order chi connectivity index (χ0) is 14.4. The molecule has 0 spiro atoms. The average Bonchev–Trinajstić information content (AvgIpc) is 2.80. The van der Waals surface area contributed by atoms with E-state index in [0.29, 0.717) is 5.88 Å². The Balaban J connectivity index is 2.08. The number of anilines is 1. The van der Waals surface area contributed by atoms with Gasteiger partial charge in [-0.25, -0.2) is 0 Å². The quantitative estimate of drug-likeness (QED) is 0.707. The van der Waals surface area contributed by atoms with Gasteiger partial charge in [-0.15, -0.1) is 0 Å². The van der Waals surface area contributed by atoms with Crippen LogP contribution in [-0.2, 0) is 6.42 Å². The Morgan fingerprint density at radius 3 is 2.75 bits per heavy atom. The second kappa shape index (κ2) is 7.48. The lowest BCUT2D eigenvalue weighted by molar-refractivity contribution is 0.426. The van der Waals surface area contributed by atoms with Gasteiger partial charge in [0, 0.05) is 4.47 Å². The number of rotatable bonds is 7. The minimum absolute atomic E-state index is 0.409. The highest BCUT2D eigenvalue weighted by Gasteiger charge is 2.15. The van der Waals surface area contributed by atoms with E-state index in [9.17, 15) is 0 Å². The molecule has 0 saturated heterocycles. The smallest absolute Gasteiger partial charge is 0.230 e. The Hall–Kier alpha value is -1.29. The zero-order valence-corrected chi connectivity index (χ0v) is 13.4. The van der Waals surface area contributed by atoms with Gasteiger partial charge in [-0.05, 0) is 30.5 Å². The Morgan fingerprint density at radius 2 is 2.00 bits per heavy atom. The van der Waals surface area contributed by atoms with Gasteiger partial charge in [-0.1, -0.05) is 65.8 Å². The highest BCUT2D eigenvalue weighted by Crippen LogP contribution is 2.32. The maximum atomic E-state index is 5.93.